The maximum Gasteiger partial charge on any atom is 0.175 e. The van der Waals surface area contributed by atoms with Gasteiger partial charge in [0.1, 0.15) is 0 Å². The van der Waals surface area contributed by atoms with Gasteiger partial charge in [-0.1, -0.05) is 47.7 Å². The molecule has 2 rings (SSSR count). The summed E-state index contributed by atoms with van der Waals surface area (Å²) < 4.78 is 1.99. The molecule has 2 atom stereocenters. The molecule has 0 bridgehead atoms. The van der Waals surface area contributed by atoms with Crippen LogP contribution in [-0.2, 0) is 0 Å². The van der Waals surface area contributed by atoms with Crippen LogP contribution in [0.15, 0.2) is 8.68 Å². The maximum absolute atomic E-state index is 9.82. The van der Waals surface area contributed by atoms with Crippen molar-refractivity contribution in [2.24, 2.45) is 0 Å². The van der Waals surface area contributed by atoms with E-state index in [0.29, 0.717) is 5.25 Å². The molecule has 0 aliphatic heterocycles. The highest BCUT2D eigenvalue weighted by molar-refractivity contribution is 8.03. The van der Waals surface area contributed by atoms with E-state index in [2.05, 4.69) is 10.2 Å². The number of nitrogens with zero attached hydrogens (tertiary/aromatic N) is 2. The normalized spacial score (nSPS) is 26.8. The average Bonchev–Trinajstić information content (AvgIpc) is 2.69. The summed E-state index contributed by atoms with van der Waals surface area (Å²) in [5, 5.41) is 18.3. The van der Waals surface area contributed by atoms with Gasteiger partial charge in [-0.05, 0) is 19.1 Å². The Labute approximate surface area is 102 Å². The predicted octanol–water partition coefficient (Wildman–Crippen LogP) is 2.66. The molecule has 1 heterocycles. The smallest absolute Gasteiger partial charge is 0.175 e. The van der Waals surface area contributed by atoms with Crippen LogP contribution in [0.25, 0.3) is 0 Å². The molecule has 15 heavy (non-hydrogen) atoms. The van der Waals surface area contributed by atoms with E-state index in [9.17, 15) is 5.11 Å². The zero-order chi connectivity index (χ0) is 10.7. The molecule has 0 radical (unpaired) electrons. The molecular formula is C9H14N2OS3. The minimum atomic E-state index is -0.162. The fourth-order valence-corrected chi connectivity index (χ4v) is 4.56. The van der Waals surface area contributed by atoms with Crippen LogP contribution in [0.4, 0.5) is 0 Å². The molecule has 1 aromatic rings. The largest absolute Gasteiger partial charge is 0.392 e. The molecule has 1 aromatic heterocycles. The summed E-state index contributed by atoms with van der Waals surface area (Å²) in [6, 6.07) is 0. The molecule has 0 amide bonds. The molecule has 1 aliphatic carbocycles. The van der Waals surface area contributed by atoms with Crippen LogP contribution >= 0.6 is 34.9 Å². The third kappa shape index (κ3) is 3.09. The van der Waals surface area contributed by atoms with Gasteiger partial charge in [-0.25, -0.2) is 0 Å². The Hall–Kier alpha value is 0.220. The van der Waals surface area contributed by atoms with Crippen LogP contribution in [0.2, 0.25) is 0 Å². The van der Waals surface area contributed by atoms with Gasteiger partial charge in [0.15, 0.2) is 8.68 Å². The Morgan fingerprint density at radius 3 is 2.67 bits per heavy atom. The van der Waals surface area contributed by atoms with Crippen LogP contribution in [0.5, 0.6) is 0 Å². The van der Waals surface area contributed by atoms with Crippen molar-refractivity contribution in [2.45, 2.75) is 45.7 Å². The van der Waals surface area contributed by atoms with Crippen molar-refractivity contribution in [1.82, 2.24) is 10.2 Å². The van der Waals surface area contributed by atoms with Crippen LogP contribution < -0.4 is 0 Å². The second-order valence-corrected chi connectivity index (χ2v) is 7.06. The number of aromatic nitrogens is 2. The first-order chi connectivity index (χ1) is 7.29. The third-order valence-electron chi connectivity index (χ3n) is 2.48. The Kier molecular flexibility index (Phi) is 4.30. The quantitative estimate of drug-likeness (QED) is 0.849. The molecule has 0 saturated heterocycles. The molecule has 1 aliphatic rings. The molecule has 0 unspecified atom stereocenters. The van der Waals surface area contributed by atoms with Crippen LogP contribution in [0.1, 0.15) is 25.7 Å². The molecule has 1 fully saturated rings. The minimum Gasteiger partial charge on any atom is -0.392 e. The van der Waals surface area contributed by atoms with E-state index in [1.807, 2.05) is 6.26 Å². The van der Waals surface area contributed by atoms with Gasteiger partial charge in [0, 0.05) is 5.25 Å². The summed E-state index contributed by atoms with van der Waals surface area (Å²) in [5.41, 5.74) is 0. The minimum absolute atomic E-state index is 0.162. The van der Waals surface area contributed by atoms with E-state index in [-0.39, 0.29) is 6.10 Å². The molecule has 3 nitrogen and oxygen atoms in total. The molecule has 84 valence electrons. The molecule has 6 heteroatoms. The SMILES string of the molecule is CSc1nnc(S[C@H]2CCCC[C@@H]2O)s1. The topological polar surface area (TPSA) is 46.0 Å². The molecule has 1 N–H and O–H groups in total. The van der Waals surface area contributed by atoms with Crippen molar-refractivity contribution < 1.29 is 5.11 Å². The Morgan fingerprint density at radius 2 is 2.00 bits per heavy atom. The zero-order valence-corrected chi connectivity index (χ0v) is 11.0. The van der Waals surface area contributed by atoms with E-state index in [0.717, 1.165) is 27.9 Å². The highest BCUT2D eigenvalue weighted by Crippen LogP contribution is 2.36. The van der Waals surface area contributed by atoms with Gasteiger partial charge in [-0.15, -0.1) is 10.2 Å². The van der Waals surface area contributed by atoms with E-state index >= 15 is 0 Å². The standard InChI is InChI=1S/C9H14N2OS3/c1-13-8-10-11-9(15-8)14-7-5-3-2-4-6(7)12/h6-7,12H,2-5H2,1H3/t6-,7-/m0/s1. The van der Waals surface area contributed by atoms with Gasteiger partial charge in [-0.2, -0.15) is 0 Å². The zero-order valence-electron chi connectivity index (χ0n) is 8.55. The van der Waals surface area contributed by atoms with Crippen LogP contribution in [0, 0.1) is 0 Å². The summed E-state index contributed by atoms with van der Waals surface area (Å²) in [5.74, 6) is 0. The Morgan fingerprint density at radius 1 is 1.27 bits per heavy atom. The van der Waals surface area contributed by atoms with Gasteiger partial charge in [-0.3, -0.25) is 0 Å². The second-order valence-electron chi connectivity index (χ2n) is 3.55. The van der Waals surface area contributed by atoms with Crippen LogP contribution in [0.3, 0.4) is 0 Å². The lowest BCUT2D eigenvalue weighted by Crippen LogP contribution is -2.26. The van der Waals surface area contributed by atoms with E-state index in [1.54, 1.807) is 34.9 Å². The Balaban J connectivity index is 1.95. The van der Waals surface area contributed by atoms with Crippen molar-refractivity contribution in [3.63, 3.8) is 0 Å². The summed E-state index contributed by atoms with van der Waals surface area (Å²) in [7, 11) is 0. The van der Waals surface area contributed by atoms with E-state index in [4.69, 9.17) is 0 Å². The van der Waals surface area contributed by atoms with Gasteiger partial charge in [0.05, 0.1) is 6.10 Å². The summed E-state index contributed by atoms with van der Waals surface area (Å²) >= 11 is 4.93. The lowest BCUT2D eigenvalue weighted by atomic mass is 9.97. The van der Waals surface area contributed by atoms with Crippen LogP contribution in [-0.4, -0.2) is 32.9 Å². The number of thioether (sulfide) groups is 2. The van der Waals surface area contributed by atoms with Crippen molar-refractivity contribution in [3.8, 4) is 0 Å². The second kappa shape index (κ2) is 5.52. The molecule has 0 spiro atoms. The lowest BCUT2D eigenvalue weighted by Gasteiger charge is -2.25. The van der Waals surface area contributed by atoms with Gasteiger partial charge in [0.2, 0.25) is 0 Å². The van der Waals surface area contributed by atoms with E-state index < -0.39 is 0 Å². The number of hydrogen-bond acceptors (Lipinski definition) is 6. The lowest BCUT2D eigenvalue weighted by molar-refractivity contribution is 0.137. The highest BCUT2D eigenvalue weighted by Gasteiger charge is 2.25. The molecule has 1 saturated carbocycles. The summed E-state index contributed by atoms with van der Waals surface area (Å²) in [6.07, 6.45) is 6.26. The van der Waals surface area contributed by atoms with E-state index in [1.165, 1.54) is 6.42 Å². The molecular weight excluding hydrogens is 248 g/mol. The predicted molar refractivity (Wildman–Crippen MR) is 65.8 cm³/mol. The summed E-state index contributed by atoms with van der Waals surface area (Å²) in [4.78, 5) is 0. The van der Waals surface area contributed by atoms with Crippen molar-refractivity contribution >= 4 is 34.9 Å². The number of rotatable bonds is 3. The fraction of sp³-hybridized carbons (Fsp3) is 0.778. The fourth-order valence-electron chi connectivity index (χ4n) is 1.67. The number of aliphatic hydroxyl groups excluding tert-OH is 1. The third-order valence-corrected chi connectivity index (χ3v) is 5.85. The van der Waals surface area contributed by atoms with Crippen molar-refractivity contribution in [1.29, 1.82) is 0 Å². The number of aliphatic hydroxyl groups is 1. The Bertz CT molecular complexity index is 318. The number of hydrogen-bond donors (Lipinski definition) is 1. The highest BCUT2D eigenvalue weighted by atomic mass is 32.2. The van der Waals surface area contributed by atoms with Gasteiger partial charge < -0.3 is 5.11 Å². The van der Waals surface area contributed by atoms with Crippen molar-refractivity contribution in [2.75, 3.05) is 6.26 Å². The van der Waals surface area contributed by atoms with Gasteiger partial charge in [0.25, 0.3) is 0 Å². The first-order valence-corrected chi connectivity index (χ1v) is 7.94. The molecule has 0 aromatic carbocycles. The first-order valence-electron chi connectivity index (χ1n) is 5.02. The maximum atomic E-state index is 9.82. The first kappa shape index (κ1) is 11.7. The van der Waals surface area contributed by atoms with Crippen molar-refractivity contribution in [3.05, 3.63) is 0 Å². The average molecular weight is 262 g/mol. The monoisotopic (exact) mass is 262 g/mol. The van der Waals surface area contributed by atoms with Gasteiger partial charge >= 0.3 is 0 Å². The summed E-state index contributed by atoms with van der Waals surface area (Å²) in [6.45, 7) is 0.